The van der Waals surface area contributed by atoms with Gasteiger partial charge in [0.1, 0.15) is 5.84 Å². The molecule has 0 aromatic heterocycles. The Morgan fingerprint density at radius 1 is 1.73 bits per heavy atom. The zero-order valence-electron chi connectivity index (χ0n) is 6.34. The average Bonchev–Trinajstić information content (AvgIpc) is 2.10. The van der Waals surface area contributed by atoms with Gasteiger partial charge in [-0.25, -0.2) is 0 Å². The number of hydrazine groups is 1. The molecule has 0 unspecified atom stereocenters. The molecule has 64 valence electrons. The fourth-order valence-electron chi connectivity index (χ4n) is 0.766. The molecule has 0 saturated heterocycles. The first kappa shape index (κ1) is 10.6. The Kier molecular flexibility index (Phi) is 3.71. The van der Waals surface area contributed by atoms with Gasteiger partial charge in [-0.15, -0.1) is 12.4 Å². The van der Waals surface area contributed by atoms with Gasteiger partial charge in [-0.05, 0) is 18.9 Å². The van der Waals surface area contributed by atoms with Crippen molar-refractivity contribution in [3.63, 3.8) is 0 Å². The van der Waals surface area contributed by atoms with Crippen molar-refractivity contribution >= 4 is 30.2 Å². The first-order valence-corrected chi connectivity index (χ1v) is 3.62. The van der Waals surface area contributed by atoms with E-state index >= 15 is 0 Å². The fourth-order valence-corrected chi connectivity index (χ4v) is 1.50. The predicted octanol–water partition coefficient (Wildman–Crippen LogP) is 0.674. The first-order chi connectivity index (χ1) is 4.61. The van der Waals surface area contributed by atoms with Gasteiger partial charge < -0.3 is 11.2 Å². The van der Waals surface area contributed by atoms with Gasteiger partial charge in [0.25, 0.3) is 0 Å². The third-order valence-electron chi connectivity index (χ3n) is 1.14. The highest BCUT2D eigenvalue weighted by atomic mass is 35.5. The smallest absolute Gasteiger partial charge is 0.132 e. The first-order valence-electron chi connectivity index (χ1n) is 2.85. The lowest BCUT2D eigenvalue weighted by molar-refractivity contribution is 0.484. The van der Waals surface area contributed by atoms with Crippen LogP contribution in [-0.4, -0.2) is 17.3 Å². The maximum Gasteiger partial charge on any atom is 0.132 e. The third kappa shape index (κ3) is 2.28. The van der Waals surface area contributed by atoms with Crippen LogP contribution >= 0.6 is 24.4 Å². The molecule has 0 aromatic carbocycles. The van der Waals surface area contributed by atoms with E-state index in [0.717, 1.165) is 10.6 Å². The van der Waals surface area contributed by atoms with Crippen molar-refractivity contribution < 1.29 is 0 Å². The monoisotopic (exact) mass is 194 g/mol. The van der Waals surface area contributed by atoms with Gasteiger partial charge in [0.2, 0.25) is 0 Å². The van der Waals surface area contributed by atoms with E-state index in [9.17, 15) is 0 Å². The molecule has 4 N–H and O–H groups in total. The summed E-state index contributed by atoms with van der Waals surface area (Å²) in [6.07, 6.45) is 0. The molecule has 11 heavy (non-hydrogen) atoms. The number of amidine groups is 1. The minimum atomic E-state index is 0. The Hall–Kier alpha value is -0.390. The summed E-state index contributed by atoms with van der Waals surface area (Å²) in [6, 6.07) is 0. The zero-order chi connectivity index (χ0) is 7.72. The van der Waals surface area contributed by atoms with Crippen molar-refractivity contribution in [1.29, 1.82) is 5.41 Å². The lowest BCUT2D eigenvalue weighted by atomic mass is 10.4. The second-order valence-electron chi connectivity index (χ2n) is 2.07. The van der Waals surface area contributed by atoms with Crippen LogP contribution in [0.4, 0.5) is 0 Å². The van der Waals surface area contributed by atoms with Gasteiger partial charge >= 0.3 is 0 Å². The van der Waals surface area contributed by atoms with Crippen LogP contribution in [-0.2, 0) is 0 Å². The van der Waals surface area contributed by atoms with Crippen LogP contribution in [0.5, 0.6) is 0 Å². The number of nitrogens with one attached hydrogen (secondary N) is 2. The highest BCUT2D eigenvalue weighted by Crippen LogP contribution is 2.26. The van der Waals surface area contributed by atoms with Crippen molar-refractivity contribution in [3.05, 3.63) is 10.6 Å². The summed E-state index contributed by atoms with van der Waals surface area (Å²) in [5, 5.41) is 7.14. The van der Waals surface area contributed by atoms with E-state index in [-0.39, 0.29) is 18.2 Å². The lowest BCUT2D eigenvalue weighted by Gasteiger charge is -2.05. The summed E-state index contributed by atoms with van der Waals surface area (Å²) in [4.78, 5) is 0.808. The quantitative estimate of drug-likeness (QED) is 0.326. The van der Waals surface area contributed by atoms with E-state index in [0.29, 0.717) is 0 Å². The number of rotatable bonds is 1. The molecular weight excluding hydrogens is 184 g/mol. The van der Waals surface area contributed by atoms with E-state index in [4.69, 9.17) is 11.1 Å². The van der Waals surface area contributed by atoms with Crippen LogP contribution in [0, 0.1) is 5.41 Å². The Morgan fingerprint density at radius 2 is 2.27 bits per heavy atom. The highest BCUT2D eigenvalue weighted by Gasteiger charge is 2.17. The maximum atomic E-state index is 7.14. The maximum absolute atomic E-state index is 7.14. The lowest BCUT2D eigenvalue weighted by Crippen LogP contribution is -2.20. The Bertz CT molecular complexity index is 203. The van der Waals surface area contributed by atoms with Gasteiger partial charge in [0.05, 0.1) is 4.91 Å². The van der Waals surface area contributed by atoms with E-state index < -0.39 is 0 Å². The van der Waals surface area contributed by atoms with Crippen molar-refractivity contribution in [2.75, 3.05) is 7.05 Å². The molecule has 0 aliphatic carbocycles. The standard InChI is InChI=1S/C5H10N4S.ClH/c1-3-4(5(6)7)10-9(2)8-3;/h8H,1-2H3,(H3,6,7);1H. The number of allylic oxidation sites excluding steroid dienone is 1. The summed E-state index contributed by atoms with van der Waals surface area (Å²) in [5.74, 6) is 0.124. The minimum Gasteiger partial charge on any atom is -0.383 e. The molecule has 1 rings (SSSR count). The van der Waals surface area contributed by atoms with E-state index in [2.05, 4.69) is 5.43 Å². The molecule has 1 aliphatic heterocycles. The van der Waals surface area contributed by atoms with Gasteiger partial charge in [0.15, 0.2) is 0 Å². The molecular formula is C5H11ClN4S. The van der Waals surface area contributed by atoms with Crippen LogP contribution in [0.1, 0.15) is 6.92 Å². The molecule has 4 nitrogen and oxygen atoms in total. The van der Waals surface area contributed by atoms with Crippen molar-refractivity contribution in [2.24, 2.45) is 5.73 Å². The van der Waals surface area contributed by atoms with Gasteiger partial charge in [0, 0.05) is 12.7 Å². The number of hydrogen-bond acceptors (Lipinski definition) is 4. The minimum absolute atomic E-state index is 0. The highest BCUT2D eigenvalue weighted by molar-refractivity contribution is 8.02. The second-order valence-corrected chi connectivity index (χ2v) is 3.21. The van der Waals surface area contributed by atoms with Crippen molar-refractivity contribution in [1.82, 2.24) is 9.84 Å². The SMILES string of the molecule is CC1=C(C(=N)N)SN(C)N1.Cl. The Labute approximate surface area is 76.2 Å². The van der Waals surface area contributed by atoms with Crippen LogP contribution in [0.3, 0.4) is 0 Å². The largest absolute Gasteiger partial charge is 0.383 e. The molecule has 1 heterocycles. The molecule has 0 bridgehead atoms. The van der Waals surface area contributed by atoms with Crippen LogP contribution in [0.2, 0.25) is 0 Å². The summed E-state index contributed by atoms with van der Waals surface area (Å²) in [7, 11) is 1.88. The number of nitrogens with zero attached hydrogens (tertiary/aromatic N) is 1. The van der Waals surface area contributed by atoms with Crippen molar-refractivity contribution in [3.8, 4) is 0 Å². The van der Waals surface area contributed by atoms with Gasteiger partial charge in [-0.3, -0.25) is 5.41 Å². The van der Waals surface area contributed by atoms with E-state index in [1.54, 1.807) is 0 Å². The zero-order valence-corrected chi connectivity index (χ0v) is 7.97. The molecule has 0 fully saturated rings. The van der Waals surface area contributed by atoms with Gasteiger partial charge in [-0.1, -0.05) is 0 Å². The summed E-state index contributed by atoms with van der Waals surface area (Å²) < 4.78 is 1.81. The number of halogens is 1. The number of nitrogens with two attached hydrogens (primary N) is 1. The predicted molar refractivity (Wildman–Crippen MR) is 50.4 cm³/mol. The molecule has 0 spiro atoms. The summed E-state index contributed by atoms with van der Waals surface area (Å²) in [5.41, 5.74) is 9.24. The third-order valence-corrected chi connectivity index (χ3v) is 2.21. The molecule has 0 atom stereocenters. The van der Waals surface area contributed by atoms with Crippen LogP contribution in [0.15, 0.2) is 10.6 Å². The van der Waals surface area contributed by atoms with E-state index in [1.165, 1.54) is 11.9 Å². The summed E-state index contributed by atoms with van der Waals surface area (Å²) >= 11 is 1.43. The number of hydrogen-bond donors (Lipinski definition) is 3. The molecule has 0 aromatic rings. The Balaban J connectivity index is 0.000001000. The normalized spacial score (nSPS) is 17.6. The molecule has 0 amide bonds. The fraction of sp³-hybridized carbons (Fsp3) is 0.400. The topological polar surface area (TPSA) is 65.1 Å². The summed E-state index contributed by atoms with van der Waals surface area (Å²) in [6.45, 7) is 1.90. The second kappa shape index (κ2) is 3.85. The van der Waals surface area contributed by atoms with Crippen LogP contribution in [0.25, 0.3) is 0 Å². The van der Waals surface area contributed by atoms with E-state index in [1.807, 2.05) is 18.4 Å². The Morgan fingerprint density at radius 3 is 2.45 bits per heavy atom. The van der Waals surface area contributed by atoms with Crippen molar-refractivity contribution in [2.45, 2.75) is 6.92 Å². The molecule has 0 saturated carbocycles. The molecule has 0 radical (unpaired) electrons. The molecule has 1 aliphatic rings. The molecule has 6 heteroatoms. The van der Waals surface area contributed by atoms with Gasteiger partial charge in [-0.2, -0.15) is 4.41 Å². The average molecular weight is 195 g/mol. The van der Waals surface area contributed by atoms with Crippen LogP contribution < -0.4 is 11.2 Å².